The number of aromatic nitrogens is 2. The summed E-state index contributed by atoms with van der Waals surface area (Å²) in [6, 6.07) is 6.09. The fourth-order valence-corrected chi connectivity index (χ4v) is 2.42. The number of hydrogen-bond acceptors (Lipinski definition) is 3. The van der Waals surface area contributed by atoms with Crippen molar-refractivity contribution in [3.8, 4) is 5.75 Å². The number of fused-ring (bicyclic) bond motifs is 1. The first-order valence-electron chi connectivity index (χ1n) is 6.92. The molecule has 1 aromatic heterocycles. The highest BCUT2D eigenvalue weighted by atomic mass is 16.5. The molecule has 0 saturated heterocycles. The molecular weight excluding hydrogens is 238 g/mol. The largest absolute Gasteiger partial charge is 0.497 e. The zero-order valence-corrected chi connectivity index (χ0v) is 12.3. The summed E-state index contributed by atoms with van der Waals surface area (Å²) in [5, 5.41) is 0. The number of hydrogen-bond donors (Lipinski definition) is 0. The Morgan fingerprint density at radius 2 is 2.00 bits per heavy atom. The van der Waals surface area contributed by atoms with Crippen LogP contribution < -0.4 is 4.74 Å². The van der Waals surface area contributed by atoms with E-state index in [1.54, 1.807) is 7.11 Å². The first kappa shape index (κ1) is 13.9. The number of nitrogens with zero attached hydrogens (tertiary/aromatic N) is 3. The molecule has 2 rings (SSSR count). The molecular formula is C15H23N3O. The van der Waals surface area contributed by atoms with Gasteiger partial charge < -0.3 is 14.2 Å². The monoisotopic (exact) mass is 261 g/mol. The molecule has 0 aliphatic carbocycles. The normalized spacial score (nSPS) is 11.4. The fourth-order valence-electron chi connectivity index (χ4n) is 2.42. The second-order valence-electron chi connectivity index (χ2n) is 4.69. The molecule has 104 valence electrons. The summed E-state index contributed by atoms with van der Waals surface area (Å²) in [6.07, 6.45) is 0. The Morgan fingerprint density at radius 1 is 1.26 bits per heavy atom. The minimum absolute atomic E-state index is 0.862. The Bertz CT molecular complexity index is 544. The minimum atomic E-state index is 0.862. The van der Waals surface area contributed by atoms with E-state index in [-0.39, 0.29) is 0 Å². The SMILES string of the molecule is CCN(CC)CCn1c(C)nc2cc(OC)ccc21. The minimum Gasteiger partial charge on any atom is -0.497 e. The highest BCUT2D eigenvalue weighted by Crippen LogP contribution is 2.21. The van der Waals surface area contributed by atoms with Gasteiger partial charge in [0.1, 0.15) is 11.6 Å². The van der Waals surface area contributed by atoms with Crippen LogP contribution in [0.4, 0.5) is 0 Å². The van der Waals surface area contributed by atoms with Crippen molar-refractivity contribution in [1.82, 2.24) is 14.5 Å². The van der Waals surface area contributed by atoms with Crippen LogP contribution in [-0.4, -0.2) is 41.2 Å². The number of imidazole rings is 1. The summed E-state index contributed by atoms with van der Waals surface area (Å²) in [5.74, 6) is 1.93. The lowest BCUT2D eigenvalue weighted by atomic mass is 10.3. The second kappa shape index (κ2) is 6.06. The zero-order chi connectivity index (χ0) is 13.8. The zero-order valence-electron chi connectivity index (χ0n) is 12.3. The molecule has 0 saturated carbocycles. The van der Waals surface area contributed by atoms with Crippen molar-refractivity contribution in [3.05, 3.63) is 24.0 Å². The molecule has 0 aliphatic heterocycles. The summed E-state index contributed by atoms with van der Waals surface area (Å²) in [5.41, 5.74) is 2.20. The van der Waals surface area contributed by atoms with Gasteiger partial charge in [0.15, 0.2) is 0 Å². The molecule has 4 nitrogen and oxygen atoms in total. The van der Waals surface area contributed by atoms with Gasteiger partial charge in [0.25, 0.3) is 0 Å². The number of likely N-dealkylation sites (N-methyl/N-ethyl adjacent to an activating group) is 1. The average Bonchev–Trinajstić information content (AvgIpc) is 2.75. The lowest BCUT2D eigenvalue weighted by Crippen LogP contribution is -2.27. The predicted molar refractivity (Wildman–Crippen MR) is 78.8 cm³/mol. The van der Waals surface area contributed by atoms with E-state index >= 15 is 0 Å². The lowest BCUT2D eigenvalue weighted by molar-refractivity contribution is 0.291. The standard InChI is InChI=1S/C15H23N3O/c1-5-17(6-2)9-10-18-12(3)16-14-11-13(19-4)7-8-15(14)18/h7-8,11H,5-6,9-10H2,1-4H3. The van der Waals surface area contributed by atoms with E-state index in [1.807, 2.05) is 12.1 Å². The maximum absolute atomic E-state index is 5.25. The molecule has 0 unspecified atom stereocenters. The molecule has 0 aliphatic rings. The Labute approximate surface area is 115 Å². The van der Waals surface area contributed by atoms with E-state index in [9.17, 15) is 0 Å². The number of ether oxygens (including phenoxy) is 1. The van der Waals surface area contributed by atoms with Crippen LogP contribution in [0.3, 0.4) is 0 Å². The Morgan fingerprint density at radius 3 is 2.63 bits per heavy atom. The van der Waals surface area contributed by atoms with E-state index in [4.69, 9.17) is 4.74 Å². The third-order valence-electron chi connectivity index (χ3n) is 3.68. The topological polar surface area (TPSA) is 30.3 Å². The van der Waals surface area contributed by atoms with Crippen LogP contribution >= 0.6 is 0 Å². The third kappa shape index (κ3) is 2.89. The van der Waals surface area contributed by atoms with Crippen molar-refractivity contribution in [3.63, 3.8) is 0 Å². The Balaban J connectivity index is 2.25. The van der Waals surface area contributed by atoms with Crippen LogP contribution in [0, 0.1) is 6.92 Å². The molecule has 4 heteroatoms. The van der Waals surface area contributed by atoms with Crippen molar-refractivity contribution < 1.29 is 4.74 Å². The Hall–Kier alpha value is -1.55. The molecule has 1 heterocycles. The lowest BCUT2D eigenvalue weighted by Gasteiger charge is -2.18. The molecule has 2 aromatic rings. The van der Waals surface area contributed by atoms with Crippen molar-refractivity contribution in [1.29, 1.82) is 0 Å². The summed E-state index contributed by atoms with van der Waals surface area (Å²) in [4.78, 5) is 7.04. The summed E-state index contributed by atoms with van der Waals surface area (Å²) in [6.45, 7) is 10.7. The van der Waals surface area contributed by atoms with Crippen LogP contribution in [0.1, 0.15) is 19.7 Å². The van der Waals surface area contributed by atoms with E-state index < -0.39 is 0 Å². The van der Waals surface area contributed by atoms with Crippen molar-refractivity contribution in [2.75, 3.05) is 26.7 Å². The highest BCUT2D eigenvalue weighted by molar-refractivity contribution is 5.77. The smallest absolute Gasteiger partial charge is 0.121 e. The fraction of sp³-hybridized carbons (Fsp3) is 0.533. The maximum Gasteiger partial charge on any atom is 0.121 e. The Kier molecular flexibility index (Phi) is 4.43. The van der Waals surface area contributed by atoms with Crippen LogP contribution in [-0.2, 0) is 6.54 Å². The molecule has 0 N–H and O–H groups in total. The van der Waals surface area contributed by atoms with Gasteiger partial charge in [0.05, 0.1) is 18.1 Å². The first-order chi connectivity index (χ1) is 9.19. The van der Waals surface area contributed by atoms with E-state index in [0.717, 1.165) is 43.3 Å². The third-order valence-corrected chi connectivity index (χ3v) is 3.68. The van der Waals surface area contributed by atoms with Crippen LogP contribution in [0.15, 0.2) is 18.2 Å². The van der Waals surface area contributed by atoms with Gasteiger partial charge in [-0.1, -0.05) is 13.8 Å². The summed E-state index contributed by atoms with van der Waals surface area (Å²) in [7, 11) is 1.69. The molecule has 0 radical (unpaired) electrons. The van der Waals surface area contributed by atoms with Crippen molar-refractivity contribution in [2.24, 2.45) is 0 Å². The second-order valence-corrected chi connectivity index (χ2v) is 4.69. The number of methoxy groups -OCH3 is 1. The van der Waals surface area contributed by atoms with Gasteiger partial charge in [0.2, 0.25) is 0 Å². The van der Waals surface area contributed by atoms with Gasteiger partial charge in [-0.3, -0.25) is 0 Å². The van der Waals surface area contributed by atoms with Crippen molar-refractivity contribution >= 4 is 11.0 Å². The van der Waals surface area contributed by atoms with Gasteiger partial charge in [-0.2, -0.15) is 0 Å². The van der Waals surface area contributed by atoms with Gasteiger partial charge in [0, 0.05) is 19.2 Å². The van der Waals surface area contributed by atoms with Crippen LogP contribution in [0.5, 0.6) is 5.75 Å². The van der Waals surface area contributed by atoms with Crippen LogP contribution in [0.2, 0.25) is 0 Å². The average molecular weight is 261 g/mol. The molecule has 0 amide bonds. The van der Waals surface area contributed by atoms with Gasteiger partial charge in [-0.15, -0.1) is 0 Å². The number of benzene rings is 1. The van der Waals surface area contributed by atoms with Gasteiger partial charge in [-0.05, 0) is 32.1 Å². The van der Waals surface area contributed by atoms with Gasteiger partial charge >= 0.3 is 0 Å². The molecule has 1 aromatic carbocycles. The van der Waals surface area contributed by atoms with Crippen LogP contribution in [0.25, 0.3) is 11.0 Å². The molecule has 0 bridgehead atoms. The first-order valence-corrected chi connectivity index (χ1v) is 6.92. The number of aryl methyl sites for hydroxylation is 1. The van der Waals surface area contributed by atoms with Gasteiger partial charge in [-0.25, -0.2) is 4.98 Å². The van der Waals surface area contributed by atoms with E-state index in [2.05, 4.69) is 41.3 Å². The van der Waals surface area contributed by atoms with Crippen molar-refractivity contribution in [2.45, 2.75) is 27.3 Å². The van der Waals surface area contributed by atoms with E-state index in [1.165, 1.54) is 5.52 Å². The van der Waals surface area contributed by atoms with E-state index in [0.29, 0.717) is 0 Å². The quantitative estimate of drug-likeness (QED) is 0.801. The molecule has 0 spiro atoms. The summed E-state index contributed by atoms with van der Waals surface area (Å²) >= 11 is 0. The highest BCUT2D eigenvalue weighted by Gasteiger charge is 2.09. The molecule has 19 heavy (non-hydrogen) atoms. The maximum atomic E-state index is 5.25. The summed E-state index contributed by atoms with van der Waals surface area (Å²) < 4.78 is 7.53. The number of rotatable bonds is 6. The molecule has 0 atom stereocenters. The molecule has 0 fully saturated rings. The predicted octanol–water partition coefficient (Wildman–Crippen LogP) is 2.70.